The quantitative estimate of drug-likeness (QED) is 0.433. The Hall–Kier alpha value is -3.01. The standard InChI is InChI=1S/C21H13Cl2F2N3O3S/c1-32(30,31)27-21(29)13-8-16(23)19(9-17(13)24)28-10-14(12-3-2-6-26-20(12)28)11-4-5-15(22)18(25)7-11/h2-10H,1H3,(H,27,29). The van der Waals surface area contributed by atoms with Crippen molar-refractivity contribution in [3.05, 3.63) is 82.1 Å². The van der Waals surface area contributed by atoms with Crippen molar-refractivity contribution in [2.24, 2.45) is 0 Å². The number of nitrogens with zero attached hydrogens (tertiary/aromatic N) is 2. The summed E-state index contributed by atoms with van der Waals surface area (Å²) in [5.41, 5.74) is 1.15. The first-order valence-corrected chi connectivity index (χ1v) is 11.6. The second-order valence-corrected chi connectivity index (χ2v) is 9.47. The van der Waals surface area contributed by atoms with Gasteiger partial charge in [0.15, 0.2) is 0 Å². The summed E-state index contributed by atoms with van der Waals surface area (Å²) in [6.45, 7) is 0. The molecular weight excluding hydrogens is 483 g/mol. The molecule has 0 unspecified atom stereocenters. The zero-order chi connectivity index (χ0) is 23.2. The molecule has 2 heterocycles. The highest BCUT2D eigenvalue weighted by Gasteiger charge is 2.21. The van der Waals surface area contributed by atoms with Gasteiger partial charge in [0.1, 0.15) is 17.3 Å². The Morgan fingerprint density at radius 3 is 2.50 bits per heavy atom. The molecule has 2 aromatic carbocycles. The van der Waals surface area contributed by atoms with Crippen molar-refractivity contribution in [2.75, 3.05) is 6.26 Å². The third kappa shape index (κ3) is 4.19. The van der Waals surface area contributed by atoms with Gasteiger partial charge < -0.3 is 0 Å². The van der Waals surface area contributed by atoms with Crippen LogP contribution < -0.4 is 4.72 Å². The summed E-state index contributed by atoms with van der Waals surface area (Å²) in [5.74, 6) is -2.73. The Balaban J connectivity index is 1.88. The van der Waals surface area contributed by atoms with Crippen molar-refractivity contribution < 1.29 is 22.0 Å². The van der Waals surface area contributed by atoms with E-state index in [0.717, 1.165) is 18.4 Å². The summed E-state index contributed by atoms with van der Waals surface area (Å²) >= 11 is 12.1. The lowest BCUT2D eigenvalue weighted by molar-refractivity contribution is 0.0978. The molecule has 1 N–H and O–H groups in total. The molecule has 0 fully saturated rings. The highest BCUT2D eigenvalue weighted by Crippen LogP contribution is 2.35. The Morgan fingerprint density at radius 1 is 1.06 bits per heavy atom. The first-order valence-electron chi connectivity index (χ1n) is 8.98. The fraction of sp³-hybridized carbons (Fsp3) is 0.0476. The number of aromatic nitrogens is 2. The molecule has 0 spiro atoms. The number of fused-ring (bicyclic) bond motifs is 1. The number of amides is 1. The fourth-order valence-electron chi connectivity index (χ4n) is 3.25. The van der Waals surface area contributed by atoms with E-state index in [2.05, 4.69) is 4.98 Å². The van der Waals surface area contributed by atoms with E-state index in [1.807, 2.05) is 0 Å². The van der Waals surface area contributed by atoms with E-state index in [0.29, 0.717) is 22.2 Å². The first kappa shape index (κ1) is 22.2. The van der Waals surface area contributed by atoms with Crippen LogP contribution in [0, 0.1) is 11.6 Å². The molecule has 0 saturated carbocycles. The molecule has 0 aliphatic heterocycles. The van der Waals surface area contributed by atoms with Gasteiger partial charge in [-0.15, -0.1) is 0 Å². The van der Waals surface area contributed by atoms with Crippen LogP contribution in [0.15, 0.2) is 54.9 Å². The van der Waals surface area contributed by atoms with Gasteiger partial charge in [-0.3, -0.25) is 9.36 Å². The minimum atomic E-state index is -3.89. The van der Waals surface area contributed by atoms with Gasteiger partial charge in [0.25, 0.3) is 5.91 Å². The van der Waals surface area contributed by atoms with E-state index < -0.39 is 33.1 Å². The molecule has 2 aromatic heterocycles. The molecule has 32 heavy (non-hydrogen) atoms. The second kappa shape index (κ2) is 8.16. The molecular formula is C21H13Cl2F2N3O3S. The molecule has 6 nitrogen and oxygen atoms in total. The van der Waals surface area contributed by atoms with Crippen LogP contribution in [0.25, 0.3) is 27.8 Å². The second-order valence-electron chi connectivity index (χ2n) is 6.90. The van der Waals surface area contributed by atoms with Crippen molar-refractivity contribution in [1.82, 2.24) is 14.3 Å². The van der Waals surface area contributed by atoms with E-state index in [-0.39, 0.29) is 15.7 Å². The van der Waals surface area contributed by atoms with E-state index in [9.17, 15) is 22.0 Å². The molecule has 0 aliphatic rings. The molecule has 4 rings (SSSR count). The van der Waals surface area contributed by atoms with Gasteiger partial charge in [-0.2, -0.15) is 0 Å². The van der Waals surface area contributed by atoms with E-state index in [1.165, 1.54) is 22.9 Å². The maximum Gasteiger partial charge on any atom is 0.267 e. The number of pyridine rings is 1. The van der Waals surface area contributed by atoms with Crippen molar-refractivity contribution in [1.29, 1.82) is 0 Å². The van der Waals surface area contributed by atoms with Crippen LogP contribution in [-0.2, 0) is 10.0 Å². The van der Waals surface area contributed by atoms with Gasteiger partial charge in [-0.1, -0.05) is 29.3 Å². The number of rotatable bonds is 4. The lowest BCUT2D eigenvalue weighted by Crippen LogP contribution is -2.30. The van der Waals surface area contributed by atoms with Crippen LogP contribution in [0.5, 0.6) is 0 Å². The molecule has 11 heteroatoms. The lowest BCUT2D eigenvalue weighted by atomic mass is 10.1. The lowest BCUT2D eigenvalue weighted by Gasteiger charge is -2.10. The van der Waals surface area contributed by atoms with Crippen molar-refractivity contribution in [3.63, 3.8) is 0 Å². The number of carbonyl (C=O) groups excluding carboxylic acids is 1. The zero-order valence-electron chi connectivity index (χ0n) is 16.2. The van der Waals surface area contributed by atoms with Crippen molar-refractivity contribution in [2.45, 2.75) is 0 Å². The third-order valence-corrected chi connectivity index (χ3v) is 5.78. The fourth-order valence-corrected chi connectivity index (χ4v) is 4.07. The first-order chi connectivity index (χ1) is 15.0. The number of benzene rings is 2. The van der Waals surface area contributed by atoms with Crippen molar-refractivity contribution in [3.8, 4) is 16.8 Å². The highest BCUT2D eigenvalue weighted by atomic mass is 35.5. The molecule has 0 radical (unpaired) electrons. The van der Waals surface area contributed by atoms with E-state index in [1.54, 1.807) is 29.1 Å². The van der Waals surface area contributed by atoms with Gasteiger partial charge >= 0.3 is 0 Å². The molecule has 4 aromatic rings. The zero-order valence-corrected chi connectivity index (χ0v) is 18.6. The van der Waals surface area contributed by atoms with Crippen LogP contribution >= 0.6 is 23.2 Å². The molecule has 0 atom stereocenters. The monoisotopic (exact) mass is 495 g/mol. The minimum Gasteiger partial charge on any atom is -0.299 e. The third-order valence-electron chi connectivity index (χ3n) is 4.61. The maximum absolute atomic E-state index is 14.8. The summed E-state index contributed by atoms with van der Waals surface area (Å²) in [7, 11) is -3.89. The summed E-state index contributed by atoms with van der Waals surface area (Å²) < 4.78 is 54.6. The van der Waals surface area contributed by atoms with Crippen LogP contribution in [0.3, 0.4) is 0 Å². The summed E-state index contributed by atoms with van der Waals surface area (Å²) in [5, 5.41) is 0.592. The van der Waals surface area contributed by atoms with Crippen LogP contribution in [-0.4, -0.2) is 30.1 Å². The van der Waals surface area contributed by atoms with Crippen molar-refractivity contribution >= 4 is 50.2 Å². The van der Waals surface area contributed by atoms with Crippen LogP contribution in [0.2, 0.25) is 10.0 Å². The molecule has 0 bridgehead atoms. The number of halogens is 4. The SMILES string of the molecule is CS(=O)(=O)NC(=O)c1cc(Cl)c(-n2cc(-c3ccc(Cl)c(F)c3)c3cccnc32)cc1F. The predicted molar refractivity (Wildman–Crippen MR) is 119 cm³/mol. The maximum atomic E-state index is 14.8. The summed E-state index contributed by atoms with van der Waals surface area (Å²) in [6, 6.07) is 9.83. The number of nitrogens with one attached hydrogen (secondary N) is 1. The molecule has 1 amide bonds. The average Bonchev–Trinajstić information content (AvgIpc) is 3.09. The molecule has 0 saturated heterocycles. The Kier molecular flexibility index (Phi) is 5.66. The Morgan fingerprint density at radius 2 is 1.81 bits per heavy atom. The van der Waals surface area contributed by atoms with Gasteiger partial charge in [0.05, 0.1) is 27.6 Å². The van der Waals surface area contributed by atoms with E-state index in [4.69, 9.17) is 23.2 Å². The topological polar surface area (TPSA) is 81.1 Å². The Bertz CT molecular complexity index is 1500. The predicted octanol–water partition coefficient (Wildman–Crippen LogP) is 4.97. The van der Waals surface area contributed by atoms with Gasteiger partial charge in [-0.05, 0) is 35.9 Å². The normalized spacial score (nSPS) is 11.7. The largest absolute Gasteiger partial charge is 0.299 e. The van der Waals surface area contributed by atoms with Crippen LogP contribution in [0.1, 0.15) is 10.4 Å². The number of sulfonamides is 1. The van der Waals surface area contributed by atoms with Gasteiger partial charge in [0.2, 0.25) is 10.0 Å². The Labute approximate surface area is 191 Å². The van der Waals surface area contributed by atoms with E-state index >= 15 is 0 Å². The molecule has 0 aliphatic carbocycles. The highest BCUT2D eigenvalue weighted by molar-refractivity contribution is 7.89. The number of carbonyl (C=O) groups is 1. The number of hydrogen-bond donors (Lipinski definition) is 1. The smallest absolute Gasteiger partial charge is 0.267 e. The van der Waals surface area contributed by atoms with Gasteiger partial charge in [-0.25, -0.2) is 26.9 Å². The number of hydrogen-bond acceptors (Lipinski definition) is 4. The molecule has 164 valence electrons. The summed E-state index contributed by atoms with van der Waals surface area (Å²) in [6.07, 6.45) is 3.91. The average molecular weight is 496 g/mol. The minimum absolute atomic E-state index is 0.0244. The summed E-state index contributed by atoms with van der Waals surface area (Å²) in [4.78, 5) is 16.4. The van der Waals surface area contributed by atoms with Crippen LogP contribution in [0.4, 0.5) is 8.78 Å². The van der Waals surface area contributed by atoms with Gasteiger partial charge in [0, 0.05) is 29.4 Å².